The van der Waals surface area contributed by atoms with Crippen molar-refractivity contribution in [1.29, 1.82) is 0 Å². The van der Waals surface area contributed by atoms with Crippen LogP contribution < -0.4 is 10.5 Å². The van der Waals surface area contributed by atoms with Crippen molar-refractivity contribution in [1.82, 2.24) is 9.62 Å². The molecule has 2 aliphatic rings. The van der Waals surface area contributed by atoms with Gasteiger partial charge in [-0.3, -0.25) is 4.79 Å². The number of nitrogens with two attached hydrogens (primary N) is 1. The van der Waals surface area contributed by atoms with Gasteiger partial charge in [0.25, 0.3) is 0 Å². The molecule has 1 amide bonds. The summed E-state index contributed by atoms with van der Waals surface area (Å²) in [4.78, 5) is 14.1. The minimum absolute atomic E-state index is 0.0168. The summed E-state index contributed by atoms with van der Waals surface area (Å²) >= 11 is -1.42. The average Bonchev–Trinajstić information content (AvgIpc) is 2.93. The highest BCUT2D eigenvalue weighted by Gasteiger charge is 2.46. The molecule has 3 rings (SSSR count). The van der Waals surface area contributed by atoms with Crippen molar-refractivity contribution in [2.45, 2.75) is 75.7 Å². The second-order valence-electron chi connectivity index (χ2n) is 9.29. The maximum Gasteiger partial charge on any atom is 0.236 e. The lowest BCUT2D eigenvalue weighted by molar-refractivity contribution is -0.135. The summed E-state index contributed by atoms with van der Waals surface area (Å²) in [5.74, 6) is -3.21. The van der Waals surface area contributed by atoms with Crippen molar-refractivity contribution in [3.8, 4) is 0 Å². The zero-order chi connectivity index (χ0) is 22.2. The van der Waals surface area contributed by atoms with E-state index in [9.17, 15) is 22.5 Å². The molecule has 30 heavy (non-hydrogen) atoms. The third-order valence-electron chi connectivity index (χ3n) is 6.14. The number of hydrogen-bond acceptors (Lipinski definition) is 4. The third kappa shape index (κ3) is 4.95. The predicted octanol–water partition coefficient (Wildman–Crippen LogP) is 2.80. The molecule has 1 aromatic carbocycles. The first-order valence-corrected chi connectivity index (χ1v) is 11.5. The molecule has 0 aromatic heterocycles. The Morgan fingerprint density at radius 2 is 1.77 bits per heavy atom. The number of hydrogen-bond donors (Lipinski definition) is 2. The number of halogens is 3. The topological polar surface area (TPSA) is 81.4 Å². The summed E-state index contributed by atoms with van der Waals surface area (Å²) in [5, 5.41) is 0. The largest absolute Gasteiger partial charge is 0.598 e. The van der Waals surface area contributed by atoms with E-state index >= 15 is 0 Å². The number of piperidine rings is 1. The van der Waals surface area contributed by atoms with Crippen LogP contribution in [0.4, 0.5) is 13.2 Å². The standard InChI is InChI=1S/C21H30F3N3O2S/c1-21(2,3)30(29)26-19(9-12-8-17(23)18(24)10-16(12)22)13-6-14-4-5-15(7-13)27(14)20(28)11-25/h8,10,13-15,19,26H,4-7,9,11,25H2,1-3H3/t13-,14-,15+,19-,30-/m0/s1. The lowest BCUT2D eigenvalue weighted by atomic mass is 9.82. The van der Waals surface area contributed by atoms with E-state index < -0.39 is 39.6 Å². The van der Waals surface area contributed by atoms with E-state index in [4.69, 9.17) is 5.73 Å². The first-order valence-electron chi connectivity index (χ1n) is 10.3. The van der Waals surface area contributed by atoms with E-state index in [1.54, 1.807) is 0 Å². The van der Waals surface area contributed by atoms with E-state index in [-0.39, 0.29) is 42.4 Å². The monoisotopic (exact) mass is 445 g/mol. The SMILES string of the molecule is CC(C)(C)[S@+]([O-])N[C@@H](Cc1cc(F)c(F)cc1F)[C@@H]1C[C@H]2CC[C@@H](C1)N2C(=O)CN. The molecule has 5 atom stereocenters. The normalized spacial score (nSPS) is 26.0. The smallest absolute Gasteiger partial charge is 0.236 e. The molecule has 2 heterocycles. The van der Waals surface area contributed by atoms with Crippen LogP contribution >= 0.6 is 0 Å². The molecule has 0 aliphatic carbocycles. The average molecular weight is 446 g/mol. The Bertz CT molecular complexity index is 775. The number of benzene rings is 1. The molecule has 1 aromatic rings. The highest BCUT2D eigenvalue weighted by molar-refractivity contribution is 7.90. The van der Waals surface area contributed by atoms with E-state index in [1.165, 1.54) is 0 Å². The Labute approximate surface area is 178 Å². The van der Waals surface area contributed by atoms with Gasteiger partial charge >= 0.3 is 0 Å². The number of carbonyl (C=O) groups is 1. The van der Waals surface area contributed by atoms with Crippen LogP contribution in [0.15, 0.2) is 12.1 Å². The minimum atomic E-state index is -1.42. The Morgan fingerprint density at radius 3 is 2.30 bits per heavy atom. The van der Waals surface area contributed by atoms with Gasteiger partial charge in [0.05, 0.1) is 12.6 Å². The fourth-order valence-electron chi connectivity index (χ4n) is 4.64. The number of fused-ring (bicyclic) bond motifs is 2. The van der Waals surface area contributed by atoms with Crippen LogP contribution in [0.3, 0.4) is 0 Å². The second kappa shape index (κ2) is 9.06. The van der Waals surface area contributed by atoms with Gasteiger partial charge in [0.1, 0.15) is 10.6 Å². The van der Waals surface area contributed by atoms with Crippen molar-refractivity contribution >= 4 is 17.3 Å². The van der Waals surface area contributed by atoms with Gasteiger partial charge in [-0.05, 0) is 70.4 Å². The van der Waals surface area contributed by atoms with Gasteiger partial charge in [0.15, 0.2) is 11.6 Å². The summed E-state index contributed by atoms with van der Waals surface area (Å²) in [6, 6.07) is 1.12. The van der Waals surface area contributed by atoms with Crippen molar-refractivity contribution in [3.63, 3.8) is 0 Å². The highest BCUT2D eigenvalue weighted by atomic mass is 32.2. The molecule has 2 saturated heterocycles. The molecular formula is C21H30F3N3O2S. The van der Waals surface area contributed by atoms with Gasteiger partial charge < -0.3 is 15.2 Å². The van der Waals surface area contributed by atoms with Crippen LogP contribution in [0.1, 0.15) is 52.0 Å². The summed E-state index contributed by atoms with van der Waals surface area (Å²) in [5.41, 5.74) is 5.60. The first kappa shape index (κ1) is 23.4. The molecular weight excluding hydrogens is 415 g/mol. The number of nitrogens with one attached hydrogen (secondary N) is 1. The number of carbonyl (C=O) groups excluding carboxylic acids is 1. The fraction of sp³-hybridized carbons (Fsp3) is 0.667. The molecule has 0 saturated carbocycles. The molecule has 5 nitrogen and oxygen atoms in total. The quantitative estimate of drug-likeness (QED) is 0.521. The van der Waals surface area contributed by atoms with E-state index in [1.807, 2.05) is 25.7 Å². The Hall–Kier alpha value is -1.29. The Morgan fingerprint density at radius 1 is 1.20 bits per heavy atom. The Balaban J connectivity index is 1.84. The van der Waals surface area contributed by atoms with E-state index in [2.05, 4.69) is 4.72 Å². The summed E-state index contributed by atoms with van der Waals surface area (Å²) in [6.07, 6.45) is 3.18. The molecule has 2 fully saturated rings. The van der Waals surface area contributed by atoms with Crippen LogP contribution in [0.2, 0.25) is 0 Å². The molecule has 0 spiro atoms. The van der Waals surface area contributed by atoms with Crippen molar-refractivity contribution in [2.75, 3.05) is 6.54 Å². The minimum Gasteiger partial charge on any atom is -0.598 e. The molecule has 0 unspecified atom stereocenters. The van der Waals surface area contributed by atoms with E-state index in [0.717, 1.165) is 18.9 Å². The number of amides is 1. The summed E-state index contributed by atoms with van der Waals surface area (Å²) in [7, 11) is 0. The lowest BCUT2D eigenvalue weighted by Crippen LogP contribution is -2.54. The molecule has 9 heteroatoms. The first-order chi connectivity index (χ1) is 14.0. The zero-order valence-corrected chi connectivity index (χ0v) is 18.4. The molecule has 3 N–H and O–H groups in total. The van der Waals surface area contributed by atoms with E-state index in [0.29, 0.717) is 18.9 Å². The fourth-order valence-corrected chi connectivity index (χ4v) is 5.54. The van der Waals surface area contributed by atoms with Crippen LogP contribution in [0, 0.1) is 23.4 Å². The van der Waals surface area contributed by atoms with Gasteiger partial charge in [-0.25, -0.2) is 13.2 Å². The zero-order valence-electron chi connectivity index (χ0n) is 17.6. The molecule has 2 aliphatic heterocycles. The van der Waals surface area contributed by atoms with Crippen molar-refractivity contribution in [2.24, 2.45) is 11.7 Å². The summed E-state index contributed by atoms with van der Waals surface area (Å²) < 4.78 is 56.8. The predicted molar refractivity (Wildman–Crippen MR) is 110 cm³/mol. The van der Waals surface area contributed by atoms with Crippen molar-refractivity contribution < 1.29 is 22.5 Å². The van der Waals surface area contributed by atoms with Crippen LogP contribution in [-0.2, 0) is 22.6 Å². The number of rotatable bonds is 6. The molecule has 168 valence electrons. The van der Waals surface area contributed by atoms with Gasteiger partial charge in [-0.1, -0.05) is 0 Å². The van der Waals surface area contributed by atoms with Gasteiger partial charge in [-0.15, -0.1) is 4.72 Å². The van der Waals surface area contributed by atoms with Gasteiger partial charge in [0, 0.05) is 29.5 Å². The Kier molecular flexibility index (Phi) is 7.06. The summed E-state index contributed by atoms with van der Waals surface area (Å²) in [6.45, 7) is 5.46. The molecule has 2 bridgehead atoms. The highest BCUT2D eigenvalue weighted by Crippen LogP contribution is 2.41. The van der Waals surface area contributed by atoms with Crippen LogP contribution in [0.5, 0.6) is 0 Å². The van der Waals surface area contributed by atoms with Gasteiger partial charge in [-0.2, -0.15) is 0 Å². The maximum atomic E-state index is 14.3. The molecule has 0 radical (unpaired) electrons. The number of nitrogens with zero attached hydrogens (tertiary/aromatic N) is 1. The van der Waals surface area contributed by atoms with Crippen molar-refractivity contribution in [3.05, 3.63) is 35.1 Å². The van der Waals surface area contributed by atoms with Crippen LogP contribution in [0.25, 0.3) is 0 Å². The second-order valence-corrected chi connectivity index (χ2v) is 11.3. The lowest BCUT2D eigenvalue weighted by Gasteiger charge is -2.42. The van der Waals surface area contributed by atoms with Crippen LogP contribution in [-0.4, -0.2) is 44.8 Å². The third-order valence-corrected chi connectivity index (χ3v) is 7.77. The van der Waals surface area contributed by atoms with Gasteiger partial charge in [0.2, 0.25) is 5.91 Å². The maximum absolute atomic E-state index is 14.3.